The van der Waals surface area contributed by atoms with Gasteiger partial charge in [0.1, 0.15) is 12.5 Å². The SMILES string of the molecule is CCOC(=O)CC(=O)C(NC(=O)c1cnc(N(C)C)nc1)c1cccs1. The van der Waals surface area contributed by atoms with Crippen LogP contribution in [0.1, 0.15) is 34.6 Å². The van der Waals surface area contributed by atoms with Gasteiger partial charge in [0, 0.05) is 31.4 Å². The van der Waals surface area contributed by atoms with Gasteiger partial charge in [0.25, 0.3) is 5.91 Å². The van der Waals surface area contributed by atoms with Crippen molar-refractivity contribution in [2.24, 2.45) is 0 Å². The van der Waals surface area contributed by atoms with Gasteiger partial charge in [-0.2, -0.15) is 0 Å². The lowest BCUT2D eigenvalue weighted by Crippen LogP contribution is -2.34. The van der Waals surface area contributed by atoms with Crippen molar-refractivity contribution < 1.29 is 19.1 Å². The second-order valence-corrected chi connectivity index (χ2v) is 6.52. The van der Waals surface area contributed by atoms with E-state index in [0.29, 0.717) is 10.8 Å². The molecule has 0 aliphatic rings. The van der Waals surface area contributed by atoms with Gasteiger partial charge in [-0.05, 0) is 18.4 Å². The molecule has 2 rings (SSSR count). The van der Waals surface area contributed by atoms with Crippen molar-refractivity contribution in [1.82, 2.24) is 15.3 Å². The van der Waals surface area contributed by atoms with Crippen LogP contribution in [0.15, 0.2) is 29.9 Å². The average Bonchev–Trinajstić information content (AvgIpc) is 3.13. The molecule has 8 nitrogen and oxygen atoms in total. The summed E-state index contributed by atoms with van der Waals surface area (Å²) in [6, 6.07) is 2.57. The highest BCUT2D eigenvalue weighted by Crippen LogP contribution is 2.22. The summed E-state index contributed by atoms with van der Waals surface area (Å²) in [6.07, 6.45) is 2.37. The van der Waals surface area contributed by atoms with Gasteiger partial charge in [-0.1, -0.05) is 6.07 Å². The van der Waals surface area contributed by atoms with E-state index in [1.54, 1.807) is 43.4 Å². The molecular weight excluding hydrogens is 356 g/mol. The number of rotatable bonds is 8. The van der Waals surface area contributed by atoms with E-state index in [-0.39, 0.29) is 12.2 Å². The smallest absolute Gasteiger partial charge is 0.313 e. The normalized spacial score (nSPS) is 11.5. The first kappa shape index (κ1) is 19.5. The summed E-state index contributed by atoms with van der Waals surface area (Å²) in [5.41, 5.74) is 0.223. The Kier molecular flexibility index (Phi) is 6.79. The maximum atomic E-state index is 12.5. The summed E-state index contributed by atoms with van der Waals surface area (Å²) in [6.45, 7) is 1.86. The molecule has 0 bridgehead atoms. The van der Waals surface area contributed by atoms with Crippen molar-refractivity contribution in [3.63, 3.8) is 0 Å². The molecule has 1 unspecified atom stereocenters. The minimum atomic E-state index is -0.930. The summed E-state index contributed by atoms with van der Waals surface area (Å²) in [4.78, 5) is 47.1. The van der Waals surface area contributed by atoms with Crippen molar-refractivity contribution in [2.75, 3.05) is 25.6 Å². The number of thiophene rings is 1. The number of aromatic nitrogens is 2. The summed E-state index contributed by atoms with van der Waals surface area (Å²) < 4.78 is 4.81. The van der Waals surface area contributed by atoms with Crippen molar-refractivity contribution in [3.8, 4) is 0 Å². The number of ether oxygens (including phenoxy) is 1. The van der Waals surface area contributed by atoms with Gasteiger partial charge in [-0.25, -0.2) is 9.97 Å². The standard InChI is InChI=1S/C17H20N4O4S/c1-4-25-14(23)8-12(22)15(13-6-5-7-26-13)20-16(24)11-9-18-17(19-10-11)21(2)3/h5-7,9-10,15H,4,8H2,1-3H3,(H,20,24). The lowest BCUT2D eigenvalue weighted by atomic mass is 10.1. The molecule has 2 heterocycles. The van der Waals surface area contributed by atoms with E-state index >= 15 is 0 Å². The molecule has 1 atom stereocenters. The first-order chi connectivity index (χ1) is 12.4. The molecule has 2 aromatic rings. The Balaban J connectivity index is 2.14. The number of esters is 1. The number of nitrogens with zero attached hydrogens (tertiary/aromatic N) is 3. The highest BCUT2D eigenvalue weighted by molar-refractivity contribution is 7.10. The van der Waals surface area contributed by atoms with Crippen LogP contribution in [-0.2, 0) is 14.3 Å². The number of nitrogens with one attached hydrogen (secondary N) is 1. The largest absolute Gasteiger partial charge is 0.466 e. The predicted molar refractivity (Wildman–Crippen MR) is 97.1 cm³/mol. The van der Waals surface area contributed by atoms with Crippen LogP contribution in [0.4, 0.5) is 5.95 Å². The third-order valence-electron chi connectivity index (χ3n) is 3.35. The average molecular weight is 376 g/mol. The van der Waals surface area contributed by atoms with E-state index in [2.05, 4.69) is 15.3 Å². The Hall–Kier alpha value is -2.81. The van der Waals surface area contributed by atoms with E-state index in [1.807, 2.05) is 0 Å². The topological polar surface area (TPSA) is 101 Å². The minimum Gasteiger partial charge on any atom is -0.466 e. The zero-order valence-corrected chi connectivity index (χ0v) is 15.6. The van der Waals surface area contributed by atoms with Crippen molar-refractivity contribution in [1.29, 1.82) is 0 Å². The first-order valence-corrected chi connectivity index (χ1v) is 8.82. The van der Waals surface area contributed by atoms with Gasteiger partial charge >= 0.3 is 5.97 Å². The zero-order chi connectivity index (χ0) is 19.1. The number of carbonyl (C=O) groups excluding carboxylic acids is 3. The third kappa shape index (κ3) is 5.09. The van der Waals surface area contributed by atoms with Gasteiger partial charge in [-0.3, -0.25) is 14.4 Å². The number of amides is 1. The molecule has 138 valence electrons. The number of hydrogen-bond donors (Lipinski definition) is 1. The minimum absolute atomic E-state index is 0.192. The highest BCUT2D eigenvalue weighted by Gasteiger charge is 2.26. The van der Waals surface area contributed by atoms with Crippen LogP contribution >= 0.6 is 11.3 Å². The van der Waals surface area contributed by atoms with Crippen LogP contribution in [0, 0.1) is 0 Å². The van der Waals surface area contributed by atoms with Crippen LogP contribution in [0.2, 0.25) is 0 Å². The molecule has 0 aliphatic heterocycles. The molecule has 0 saturated heterocycles. The van der Waals surface area contributed by atoms with Gasteiger partial charge < -0.3 is 15.0 Å². The van der Waals surface area contributed by atoms with E-state index < -0.39 is 30.1 Å². The quantitative estimate of drug-likeness (QED) is 0.551. The molecule has 0 aliphatic carbocycles. The van der Waals surface area contributed by atoms with Crippen LogP contribution < -0.4 is 10.2 Å². The second-order valence-electron chi connectivity index (χ2n) is 5.54. The predicted octanol–water partition coefficient (Wildman–Crippen LogP) is 1.60. The van der Waals surface area contributed by atoms with Gasteiger partial charge in [0.05, 0.1) is 12.2 Å². The molecule has 1 amide bonds. The fraction of sp³-hybridized carbons (Fsp3) is 0.353. The van der Waals surface area contributed by atoms with E-state index in [1.165, 1.54) is 23.7 Å². The number of Topliss-reactive ketones (excluding diaryl/α,β-unsaturated/α-hetero) is 1. The van der Waals surface area contributed by atoms with Crippen LogP contribution in [-0.4, -0.2) is 48.3 Å². The monoisotopic (exact) mass is 376 g/mol. The van der Waals surface area contributed by atoms with Crippen molar-refractivity contribution in [2.45, 2.75) is 19.4 Å². The number of hydrogen-bond acceptors (Lipinski definition) is 8. The third-order valence-corrected chi connectivity index (χ3v) is 4.29. The maximum absolute atomic E-state index is 12.5. The Morgan fingerprint density at radius 1 is 1.27 bits per heavy atom. The lowest BCUT2D eigenvalue weighted by molar-refractivity contribution is -0.145. The van der Waals surface area contributed by atoms with E-state index in [0.717, 1.165) is 0 Å². The molecule has 0 radical (unpaired) electrons. The number of carbonyl (C=O) groups is 3. The fourth-order valence-electron chi connectivity index (χ4n) is 2.11. The molecule has 0 spiro atoms. The molecule has 1 N–H and O–H groups in total. The van der Waals surface area contributed by atoms with Gasteiger partial charge in [0.2, 0.25) is 5.95 Å². The Morgan fingerprint density at radius 2 is 1.96 bits per heavy atom. The van der Waals surface area contributed by atoms with Crippen LogP contribution in [0.3, 0.4) is 0 Å². The molecule has 0 saturated carbocycles. The summed E-state index contributed by atoms with van der Waals surface area (Å²) in [5, 5.41) is 4.44. The van der Waals surface area contributed by atoms with Crippen LogP contribution in [0.25, 0.3) is 0 Å². The molecule has 0 fully saturated rings. The number of ketones is 1. The molecule has 0 aromatic carbocycles. The lowest BCUT2D eigenvalue weighted by Gasteiger charge is -2.16. The Morgan fingerprint density at radius 3 is 2.50 bits per heavy atom. The summed E-state index contributed by atoms with van der Waals surface area (Å²) >= 11 is 1.32. The van der Waals surface area contributed by atoms with Gasteiger partial charge in [0.15, 0.2) is 5.78 Å². The Labute approximate surface area is 155 Å². The fourth-order valence-corrected chi connectivity index (χ4v) is 2.90. The van der Waals surface area contributed by atoms with Crippen LogP contribution in [0.5, 0.6) is 0 Å². The maximum Gasteiger partial charge on any atom is 0.313 e. The van der Waals surface area contributed by atoms with E-state index in [9.17, 15) is 14.4 Å². The molecule has 2 aromatic heterocycles. The highest BCUT2D eigenvalue weighted by atomic mass is 32.1. The molecule has 26 heavy (non-hydrogen) atoms. The van der Waals surface area contributed by atoms with Gasteiger partial charge in [-0.15, -0.1) is 11.3 Å². The second kappa shape index (κ2) is 9.04. The Bertz CT molecular complexity index is 760. The first-order valence-electron chi connectivity index (χ1n) is 7.94. The molecular formula is C17H20N4O4S. The molecule has 9 heteroatoms. The summed E-state index contributed by atoms with van der Waals surface area (Å²) in [7, 11) is 3.58. The zero-order valence-electron chi connectivity index (χ0n) is 14.8. The number of anilines is 1. The summed E-state index contributed by atoms with van der Waals surface area (Å²) in [5.74, 6) is -1.09. The van der Waals surface area contributed by atoms with Crippen molar-refractivity contribution in [3.05, 3.63) is 40.3 Å². The van der Waals surface area contributed by atoms with E-state index in [4.69, 9.17) is 4.74 Å². The van der Waals surface area contributed by atoms with Crippen molar-refractivity contribution >= 4 is 34.9 Å².